The minimum atomic E-state index is -0.824. The number of esters is 1. The third-order valence-electron chi connectivity index (χ3n) is 3.77. The normalized spacial score (nSPS) is 12.1. The molecule has 0 saturated heterocycles. The van der Waals surface area contributed by atoms with Gasteiger partial charge >= 0.3 is 5.97 Å². The number of rotatable bonds is 6. The molecule has 0 aliphatic heterocycles. The van der Waals surface area contributed by atoms with E-state index in [4.69, 9.17) is 27.9 Å². The first-order valence-corrected chi connectivity index (χ1v) is 9.69. The molecule has 2 rings (SSSR count). The zero-order valence-corrected chi connectivity index (χ0v) is 16.7. The Balaban J connectivity index is 2.06. The van der Waals surface area contributed by atoms with Gasteiger partial charge in [0.05, 0.1) is 5.02 Å². The van der Waals surface area contributed by atoms with Crippen molar-refractivity contribution in [2.45, 2.75) is 37.9 Å². The molecule has 2 aromatic rings. The van der Waals surface area contributed by atoms with Gasteiger partial charge in [-0.05, 0) is 38.7 Å². The van der Waals surface area contributed by atoms with Crippen molar-refractivity contribution in [2.75, 3.05) is 6.26 Å². The Morgan fingerprint density at radius 1 is 1.42 bits per heavy atom. The van der Waals surface area contributed by atoms with Gasteiger partial charge in [0.25, 0.3) is 5.56 Å². The van der Waals surface area contributed by atoms with Crippen LogP contribution in [-0.4, -0.2) is 22.2 Å². The second-order valence-electron chi connectivity index (χ2n) is 5.53. The topological polar surface area (TPSA) is 72.0 Å². The molecule has 0 spiro atoms. The first-order valence-electron chi connectivity index (χ1n) is 7.71. The number of thioether (sulfide) groups is 1. The molecule has 0 radical (unpaired) electrons. The van der Waals surface area contributed by atoms with E-state index in [0.717, 1.165) is 6.07 Å². The Morgan fingerprint density at radius 2 is 2.12 bits per heavy atom. The summed E-state index contributed by atoms with van der Waals surface area (Å²) in [5.74, 6) is -1.20. The molecule has 9 heteroatoms. The van der Waals surface area contributed by atoms with Gasteiger partial charge < -0.3 is 9.72 Å². The predicted octanol–water partition coefficient (Wildman–Crippen LogP) is 4.48. The van der Waals surface area contributed by atoms with E-state index in [9.17, 15) is 14.0 Å². The lowest BCUT2D eigenvalue weighted by molar-refractivity contribution is -0.148. The highest BCUT2D eigenvalue weighted by atomic mass is 35.5. The van der Waals surface area contributed by atoms with Crippen molar-refractivity contribution in [3.8, 4) is 0 Å². The zero-order chi connectivity index (χ0) is 19.4. The van der Waals surface area contributed by atoms with Gasteiger partial charge in [0.1, 0.15) is 11.9 Å². The number of nitrogens with one attached hydrogen (secondary N) is 1. The van der Waals surface area contributed by atoms with Gasteiger partial charge in [-0.15, -0.1) is 0 Å². The van der Waals surface area contributed by atoms with Crippen molar-refractivity contribution in [1.29, 1.82) is 0 Å². The maximum atomic E-state index is 13.6. The van der Waals surface area contributed by atoms with Crippen LogP contribution in [0.3, 0.4) is 0 Å². The van der Waals surface area contributed by atoms with Crippen molar-refractivity contribution in [1.82, 2.24) is 9.97 Å². The molecule has 1 heterocycles. The molecule has 0 aliphatic carbocycles. The van der Waals surface area contributed by atoms with Crippen molar-refractivity contribution in [3.05, 3.63) is 55.2 Å². The molecule has 0 amide bonds. The lowest BCUT2D eigenvalue weighted by Gasteiger charge is -2.17. The number of H-pyrrole nitrogens is 1. The summed E-state index contributed by atoms with van der Waals surface area (Å²) in [4.78, 5) is 31.1. The number of benzene rings is 1. The molecule has 1 aromatic heterocycles. The fourth-order valence-electron chi connectivity index (χ4n) is 2.43. The molecular formula is C17H17Cl2FN2O3S. The summed E-state index contributed by atoms with van der Waals surface area (Å²) >= 11 is 13.3. The van der Waals surface area contributed by atoms with E-state index in [1.807, 2.05) is 0 Å². The number of aromatic amines is 1. The van der Waals surface area contributed by atoms with Crippen LogP contribution >= 0.6 is 35.0 Å². The Morgan fingerprint density at radius 3 is 2.73 bits per heavy atom. The van der Waals surface area contributed by atoms with Gasteiger partial charge in [0.2, 0.25) is 0 Å². The number of hydrogen-bond donors (Lipinski definition) is 1. The summed E-state index contributed by atoms with van der Waals surface area (Å²) in [5, 5.41) is 0.547. The van der Waals surface area contributed by atoms with Crippen LogP contribution in [0.25, 0.3) is 0 Å². The van der Waals surface area contributed by atoms with Crippen LogP contribution in [0.4, 0.5) is 4.39 Å². The average molecular weight is 419 g/mol. The largest absolute Gasteiger partial charge is 0.458 e. The highest BCUT2D eigenvalue weighted by molar-refractivity contribution is 7.98. The number of aryl methyl sites for hydroxylation is 1. The second kappa shape index (κ2) is 8.88. The summed E-state index contributed by atoms with van der Waals surface area (Å²) in [6.45, 7) is 3.27. The number of aromatic nitrogens is 2. The van der Waals surface area contributed by atoms with Crippen LogP contribution in [0.1, 0.15) is 36.3 Å². The van der Waals surface area contributed by atoms with Gasteiger partial charge in [-0.2, -0.15) is 0 Å². The molecule has 1 aromatic carbocycles. The van der Waals surface area contributed by atoms with Gasteiger partial charge in [-0.1, -0.05) is 35.0 Å². The molecule has 1 N–H and O–H groups in total. The number of nitrogens with zero attached hydrogens (tertiary/aromatic N) is 1. The predicted molar refractivity (Wildman–Crippen MR) is 101 cm³/mol. The zero-order valence-electron chi connectivity index (χ0n) is 14.4. The van der Waals surface area contributed by atoms with Crippen molar-refractivity contribution in [3.63, 3.8) is 0 Å². The van der Waals surface area contributed by atoms with Crippen molar-refractivity contribution < 1.29 is 13.9 Å². The molecule has 1 unspecified atom stereocenters. The van der Waals surface area contributed by atoms with Crippen LogP contribution in [0.2, 0.25) is 10.0 Å². The fourth-order valence-corrected chi connectivity index (χ4v) is 3.53. The van der Waals surface area contributed by atoms with Crippen LogP contribution < -0.4 is 5.56 Å². The van der Waals surface area contributed by atoms with Gasteiger partial charge in [0.15, 0.2) is 5.16 Å². The van der Waals surface area contributed by atoms with Crippen LogP contribution in [0, 0.1) is 12.7 Å². The highest BCUT2D eigenvalue weighted by Gasteiger charge is 2.21. The van der Waals surface area contributed by atoms with Crippen molar-refractivity contribution >= 4 is 40.9 Å². The number of carbonyl (C=O) groups is 1. The van der Waals surface area contributed by atoms with E-state index < -0.39 is 17.9 Å². The van der Waals surface area contributed by atoms with E-state index >= 15 is 0 Å². The number of hydrogen-bond acceptors (Lipinski definition) is 5. The van der Waals surface area contributed by atoms with Gasteiger partial charge in [-0.3, -0.25) is 9.59 Å². The minimum absolute atomic E-state index is 0.0287. The first kappa shape index (κ1) is 20.7. The van der Waals surface area contributed by atoms with Gasteiger partial charge in [0, 0.05) is 28.3 Å². The maximum absolute atomic E-state index is 13.6. The second-order valence-corrected chi connectivity index (χ2v) is 7.11. The highest BCUT2D eigenvalue weighted by Crippen LogP contribution is 2.34. The van der Waals surface area contributed by atoms with Gasteiger partial charge in [-0.25, -0.2) is 9.37 Å². The van der Waals surface area contributed by atoms with Crippen LogP contribution in [0.5, 0.6) is 0 Å². The Labute approximate surface area is 164 Å². The number of carbonyl (C=O) groups excluding carboxylic acids is 1. The molecular weight excluding hydrogens is 402 g/mol. The third kappa shape index (κ3) is 4.78. The molecule has 0 aliphatic rings. The molecule has 5 nitrogen and oxygen atoms in total. The fraction of sp³-hybridized carbons (Fsp3) is 0.353. The molecule has 0 bridgehead atoms. The molecule has 0 saturated carbocycles. The lowest BCUT2D eigenvalue weighted by atomic mass is 10.1. The number of ether oxygens (including phenoxy) is 1. The third-order valence-corrected chi connectivity index (χ3v) is 5.06. The van der Waals surface area contributed by atoms with E-state index in [1.54, 1.807) is 20.1 Å². The standard InChI is InChI=1S/C17H17Cl2FN2O3S/c1-8-10(16(24)22-17(21-8)26-3)4-7-13(23)25-9(2)14-11(18)5-6-12(20)15(14)19/h5-6,9H,4,7H2,1-3H3,(H,21,22,24). The lowest BCUT2D eigenvalue weighted by Crippen LogP contribution is -2.19. The minimum Gasteiger partial charge on any atom is -0.458 e. The first-order chi connectivity index (χ1) is 12.2. The summed E-state index contributed by atoms with van der Waals surface area (Å²) in [5.41, 5.74) is 0.921. The summed E-state index contributed by atoms with van der Waals surface area (Å²) in [7, 11) is 0. The summed E-state index contributed by atoms with van der Waals surface area (Å²) in [6, 6.07) is 2.49. The monoisotopic (exact) mass is 418 g/mol. The molecule has 140 valence electrons. The van der Waals surface area contributed by atoms with Crippen LogP contribution in [-0.2, 0) is 16.0 Å². The van der Waals surface area contributed by atoms with E-state index in [2.05, 4.69) is 9.97 Å². The molecule has 1 atom stereocenters. The Hall–Kier alpha value is -1.57. The SMILES string of the molecule is CSc1nc(C)c(CCC(=O)OC(C)c2c(Cl)ccc(F)c2Cl)c(=O)[nH]1. The quantitative estimate of drug-likeness (QED) is 0.324. The molecule has 0 fully saturated rings. The van der Waals surface area contributed by atoms with E-state index in [0.29, 0.717) is 16.4 Å². The summed E-state index contributed by atoms with van der Waals surface area (Å²) in [6.07, 6.45) is 1.13. The van der Waals surface area contributed by atoms with Crippen molar-refractivity contribution in [2.24, 2.45) is 0 Å². The number of halogens is 3. The Kier molecular flexibility index (Phi) is 7.08. The maximum Gasteiger partial charge on any atom is 0.306 e. The Bertz CT molecular complexity index is 889. The molecule has 26 heavy (non-hydrogen) atoms. The van der Waals surface area contributed by atoms with E-state index in [-0.39, 0.29) is 34.0 Å². The van der Waals surface area contributed by atoms with E-state index in [1.165, 1.54) is 17.8 Å². The van der Waals surface area contributed by atoms with Crippen LogP contribution in [0.15, 0.2) is 22.1 Å². The smallest absolute Gasteiger partial charge is 0.306 e. The average Bonchev–Trinajstić information content (AvgIpc) is 2.57. The summed E-state index contributed by atoms with van der Waals surface area (Å²) < 4.78 is 18.9.